The molecule has 0 amide bonds. The molecule has 0 saturated heterocycles. The quantitative estimate of drug-likeness (QED) is 0.698. The van der Waals surface area contributed by atoms with Crippen LogP contribution in [0.2, 0.25) is 0 Å². The van der Waals surface area contributed by atoms with Gasteiger partial charge in [-0.3, -0.25) is 0 Å². The molecule has 0 unspecified atom stereocenters. The van der Waals surface area contributed by atoms with E-state index in [2.05, 4.69) is 29.6 Å². The van der Waals surface area contributed by atoms with Gasteiger partial charge in [-0.15, -0.1) is 0 Å². The Balaban J connectivity index is 2.38. The van der Waals surface area contributed by atoms with Crippen LogP contribution < -0.4 is 5.32 Å². The fraction of sp³-hybridized carbons (Fsp3) is 0.500. The number of benzene rings is 1. The molecule has 1 N–H and O–H groups in total. The Morgan fingerprint density at radius 1 is 1.14 bits per heavy atom. The van der Waals surface area contributed by atoms with Crippen LogP contribution in [-0.4, -0.2) is 20.3 Å². The molecule has 0 aliphatic carbocycles. The van der Waals surface area contributed by atoms with Crippen molar-refractivity contribution in [3.63, 3.8) is 0 Å². The summed E-state index contributed by atoms with van der Waals surface area (Å²) in [5.41, 5.74) is 2.67. The molecule has 2 heteroatoms. The largest absolute Gasteiger partial charge is 0.381 e. The topological polar surface area (TPSA) is 21.3 Å². The van der Waals surface area contributed by atoms with E-state index in [4.69, 9.17) is 4.74 Å². The molecule has 0 aromatic heterocycles. The minimum absolute atomic E-state index is 0.803. The van der Waals surface area contributed by atoms with E-state index in [1.165, 1.54) is 11.1 Å². The Morgan fingerprint density at radius 2 is 1.79 bits per heavy atom. The standard InChI is InChI=1S/C12H19NO/c1-3-14-9-8-11-4-6-12(7-5-11)10-13-2/h4-7,13H,3,8-10H2,1-2H3. The molecule has 1 rings (SSSR count). The zero-order valence-corrected chi connectivity index (χ0v) is 9.05. The van der Waals surface area contributed by atoms with Crippen molar-refractivity contribution in [2.45, 2.75) is 19.9 Å². The first-order chi connectivity index (χ1) is 6.86. The van der Waals surface area contributed by atoms with E-state index in [1.54, 1.807) is 0 Å². The number of nitrogens with one attached hydrogen (secondary N) is 1. The molecule has 1 aromatic rings. The predicted molar refractivity (Wildman–Crippen MR) is 59.4 cm³/mol. The van der Waals surface area contributed by atoms with Crippen LogP contribution in [0.4, 0.5) is 0 Å². The second-order valence-corrected chi connectivity index (χ2v) is 3.29. The van der Waals surface area contributed by atoms with Gasteiger partial charge in [0.05, 0.1) is 6.61 Å². The maximum Gasteiger partial charge on any atom is 0.0506 e. The Bertz CT molecular complexity index is 243. The third-order valence-electron chi connectivity index (χ3n) is 2.14. The van der Waals surface area contributed by atoms with E-state index in [0.717, 1.165) is 26.2 Å². The van der Waals surface area contributed by atoms with Crippen molar-refractivity contribution in [3.05, 3.63) is 35.4 Å². The summed E-state index contributed by atoms with van der Waals surface area (Å²) in [6, 6.07) is 8.67. The molecule has 0 fully saturated rings. The van der Waals surface area contributed by atoms with Crippen molar-refractivity contribution in [2.75, 3.05) is 20.3 Å². The monoisotopic (exact) mass is 193 g/mol. The predicted octanol–water partition coefficient (Wildman–Crippen LogP) is 1.98. The lowest BCUT2D eigenvalue weighted by molar-refractivity contribution is 0.151. The van der Waals surface area contributed by atoms with E-state index >= 15 is 0 Å². The second-order valence-electron chi connectivity index (χ2n) is 3.29. The Hall–Kier alpha value is -0.860. The zero-order valence-electron chi connectivity index (χ0n) is 9.05. The third kappa shape index (κ3) is 3.90. The summed E-state index contributed by atoms with van der Waals surface area (Å²) in [6.45, 7) is 4.58. The molecule has 0 atom stereocenters. The van der Waals surface area contributed by atoms with E-state index in [1.807, 2.05) is 14.0 Å². The fourth-order valence-electron chi connectivity index (χ4n) is 1.36. The van der Waals surface area contributed by atoms with Gasteiger partial charge in [0.1, 0.15) is 0 Å². The number of rotatable bonds is 6. The lowest BCUT2D eigenvalue weighted by atomic mass is 10.1. The van der Waals surface area contributed by atoms with Gasteiger partial charge in [0.25, 0.3) is 0 Å². The van der Waals surface area contributed by atoms with Gasteiger partial charge in [-0.2, -0.15) is 0 Å². The minimum atomic E-state index is 0.803. The molecule has 0 bridgehead atoms. The molecular formula is C12H19NO. The van der Waals surface area contributed by atoms with E-state index in [-0.39, 0.29) is 0 Å². The van der Waals surface area contributed by atoms with Crippen LogP contribution in [0, 0.1) is 0 Å². The van der Waals surface area contributed by atoms with Gasteiger partial charge in [-0.05, 0) is 31.5 Å². The number of ether oxygens (including phenoxy) is 1. The van der Waals surface area contributed by atoms with Crippen molar-refractivity contribution >= 4 is 0 Å². The van der Waals surface area contributed by atoms with Crippen LogP contribution in [0.1, 0.15) is 18.1 Å². The minimum Gasteiger partial charge on any atom is -0.381 e. The van der Waals surface area contributed by atoms with Gasteiger partial charge < -0.3 is 10.1 Å². The zero-order chi connectivity index (χ0) is 10.2. The summed E-state index contributed by atoms with van der Waals surface area (Å²) in [5.74, 6) is 0. The molecule has 1 aromatic carbocycles. The smallest absolute Gasteiger partial charge is 0.0506 e. The maximum absolute atomic E-state index is 5.30. The third-order valence-corrected chi connectivity index (χ3v) is 2.14. The summed E-state index contributed by atoms with van der Waals surface area (Å²) < 4.78 is 5.30. The summed E-state index contributed by atoms with van der Waals surface area (Å²) in [7, 11) is 1.96. The first-order valence-corrected chi connectivity index (χ1v) is 5.17. The van der Waals surface area contributed by atoms with Crippen molar-refractivity contribution < 1.29 is 4.74 Å². The van der Waals surface area contributed by atoms with Gasteiger partial charge in [-0.1, -0.05) is 24.3 Å². The molecule has 0 spiro atoms. The average Bonchev–Trinajstić information content (AvgIpc) is 2.21. The summed E-state index contributed by atoms with van der Waals surface area (Å²) in [4.78, 5) is 0. The Kier molecular flexibility index (Phi) is 5.27. The van der Waals surface area contributed by atoms with Gasteiger partial charge in [-0.25, -0.2) is 0 Å². The first kappa shape index (κ1) is 11.2. The lowest BCUT2D eigenvalue weighted by Gasteiger charge is -2.04. The molecule has 0 aliphatic heterocycles. The molecular weight excluding hydrogens is 174 g/mol. The second kappa shape index (κ2) is 6.57. The van der Waals surface area contributed by atoms with E-state index < -0.39 is 0 Å². The highest BCUT2D eigenvalue weighted by Crippen LogP contribution is 2.05. The summed E-state index contributed by atoms with van der Waals surface area (Å²) in [5, 5.41) is 3.13. The van der Waals surface area contributed by atoms with Crippen LogP contribution in [0.5, 0.6) is 0 Å². The fourth-order valence-corrected chi connectivity index (χ4v) is 1.36. The lowest BCUT2D eigenvalue weighted by Crippen LogP contribution is -2.05. The SMILES string of the molecule is CCOCCc1ccc(CNC)cc1. The molecule has 0 aliphatic rings. The van der Waals surface area contributed by atoms with Crippen LogP contribution >= 0.6 is 0 Å². The van der Waals surface area contributed by atoms with Crippen LogP contribution in [0.25, 0.3) is 0 Å². The molecule has 0 heterocycles. The maximum atomic E-state index is 5.30. The highest BCUT2D eigenvalue weighted by molar-refractivity contribution is 5.22. The Labute approximate surface area is 86.3 Å². The van der Waals surface area contributed by atoms with Crippen LogP contribution in [-0.2, 0) is 17.7 Å². The van der Waals surface area contributed by atoms with Crippen molar-refractivity contribution in [1.29, 1.82) is 0 Å². The van der Waals surface area contributed by atoms with Crippen LogP contribution in [0.3, 0.4) is 0 Å². The van der Waals surface area contributed by atoms with Crippen LogP contribution in [0.15, 0.2) is 24.3 Å². The van der Waals surface area contributed by atoms with Gasteiger partial charge in [0.2, 0.25) is 0 Å². The number of hydrogen-bond donors (Lipinski definition) is 1. The molecule has 0 saturated carbocycles. The van der Waals surface area contributed by atoms with Crippen molar-refractivity contribution in [2.24, 2.45) is 0 Å². The highest BCUT2D eigenvalue weighted by atomic mass is 16.5. The number of hydrogen-bond acceptors (Lipinski definition) is 2. The van der Waals surface area contributed by atoms with Gasteiger partial charge in [0.15, 0.2) is 0 Å². The van der Waals surface area contributed by atoms with Gasteiger partial charge in [0, 0.05) is 13.2 Å². The van der Waals surface area contributed by atoms with Gasteiger partial charge >= 0.3 is 0 Å². The summed E-state index contributed by atoms with van der Waals surface area (Å²) >= 11 is 0. The summed E-state index contributed by atoms with van der Waals surface area (Å²) in [6.07, 6.45) is 1.01. The molecule has 14 heavy (non-hydrogen) atoms. The normalized spacial score (nSPS) is 10.4. The van der Waals surface area contributed by atoms with Crippen molar-refractivity contribution in [3.8, 4) is 0 Å². The van der Waals surface area contributed by atoms with Crippen molar-refractivity contribution in [1.82, 2.24) is 5.32 Å². The highest BCUT2D eigenvalue weighted by Gasteiger charge is 1.94. The first-order valence-electron chi connectivity index (χ1n) is 5.17. The molecule has 0 radical (unpaired) electrons. The average molecular weight is 193 g/mol. The molecule has 78 valence electrons. The van der Waals surface area contributed by atoms with E-state index in [9.17, 15) is 0 Å². The Morgan fingerprint density at radius 3 is 2.36 bits per heavy atom. The van der Waals surface area contributed by atoms with E-state index in [0.29, 0.717) is 0 Å². The molecule has 2 nitrogen and oxygen atoms in total.